The second-order valence-corrected chi connectivity index (χ2v) is 1.52. The molecule has 0 aromatic carbocycles. The second kappa shape index (κ2) is 18.2. The fourth-order valence-corrected chi connectivity index (χ4v) is 0. The average molecular weight is 242 g/mol. The van der Waals surface area contributed by atoms with E-state index in [0.29, 0.717) is 0 Å². The van der Waals surface area contributed by atoms with Gasteiger partial charge in [-0.2, -0.15) is 0 Å². The first-order valence-electron chi connectivity index (χ1n) is 1.17. The van der Waals surface area contributed by atoms with E-state index in [1.807, 2.05) is 0 Å². The minimum Gasteiger partial charge on any atom is -1.00 e. The molecule has 6 nitrogen and oxygen atoms in total. The van der Waals surface area contributed by atoms with E-state index in [4.69, 9.17) is 28.7 Å². The van der Waals surface area contributed by atoms with Crippen LogP contribution in [0.15, 0.2) is 0 Å². The van der Waals surface area contributed by atoms with E-state index in [-0.39, 0.29) is 106 Å². The van der Waals surface area contributed by atoms with Crippen LogP contribution >= 0.6 is 16.5 Å². The monoisotopic (exact) mass is 242 g/mol. The first kappa shape index (κ1) is 23.3. The van der Waals surface area contributed by atoms with Crippen LogP contribution in [0.4, 0.5) is 0 Å². The van der Waals surface area contributed by atoms with Crippen molar-refractivity contribution in [1.29, 1.82) is 0 Å². The van der Waals surface area contributed by atoms with Crippen LogP contribution in [-0.2, 0) is 9.13 Å². The summed E-state index contributed by atoms with van der Waals surface area (Å²) in [4.78, 5) is 28.5. The van der Waals surface area contributed by atoms with Crippen LogP contribution in [0.25, 0.3) is 0 Å². The molecule has 0 amide bonds. The van der Waals surface area contributed by atoms with Gasteiger partial charge in [0.25, 0.3) is 0 Å². The average Bonchev–Trinajstić information content (AvgIpc) is 1.25. The summed E-state index contributed by atoms with van der Waals surface area (Å²) in [7, 11) is -5.74. The maximum Gasteiger partial charge on any atom is 1.00 e. The zero-order valence-corrected chi connectivity index (χ0v) is 13.5. The van der Waals surface area contributed by atoms with Crippen LogP contribution in [0, 0.1) is 0 Å². The van der Waals surface area contributed by atoms with Crippen LogP contribution in [0.2, 0.25) is 0 Å². The smallest absolute Gasteiger partial charge is 1.00 e. The van der Waals surface area contributed by atoms with Gasteiger partial charge in [0, 0.05) is 9.13 Å². The Morgan fingerprint density at radius 2 is 0.800 bits per heavy atom. The van der Waals surface area contributed by atoms with E-state index < -0.39 is 16.5 Å². The molecule has 10 heteroatoms. The van der Waals surface area contributed by atoms with Gasteiger partial charge in [-0.3, -0.25) is 0 Å². The molecule has 4 N–H and O–H groups in total. The van der Waals surface area contributed by atoms with Crippen LogP contribution in [-0.4, -0.2) is 19.6 Å². The van der Waals surface area contributed by atoms with E-state index in [9.17, 15) is 0 Å². The predicted molar refractivity (Wildman–Crippen MR) is 26.3 cm³/mol. The third kappa shape index (κ3) is 110. The van der Waals surface area contributed by atoms with E-state index in [2.05, 4.69) is 0 Å². The quantitative estimate of drug-likeness (QED) is 0.248. The normalized spacial score (nSPS) is 5.20. The molecule has 10 heavy (non-hydrogen) atoms. The van der Waals surface area contributed by atoms with Gasteiger partial charge in [-0.05, 0) is 0 Å². The Morgan fingerprint density at radius 3 is 0.800 bits per heavy atom. The van der Waals surface area contributed by atoms with Gasteiger partial charge >= 0.3 is 119 Å². The summed E-state index contributed by atoms with van der Waals surface area (Å²) in [5.41, 5.74) is 0. The molecule has 0 aliphatic rings. The fourth-order valence-electron chi connectivity index (χ4n) is 0. The molecule has 0 bridgehead atoms. The fraction of sp³-hybridized carbons (Fsp3) is 0. The van der Waals surface area contributed by atoms with Crippen molar-refractivity contribution in [2.24, 2.45) is 0 Å². The van der Waals surface area contributed by atoms with E-state index in [0.717, 1.165) is 0 Å². The molecule has 0 aromatic heterocycles. The zero-order valence-electron chi connectivity index (χ0n) is 7.50. The van der Waals surface area contributed by atoms with Crippen molar-refractivity contribution >= 4 is 16.5 Å². The molecule has 0 saturated carbocycles. The Labute approximate surface area is 147 Å². The summed E-state index contributed by atoms with van der Waals surface area (Å²) in [6.07, 6.45) is 0. The Balaban J connectivity index is -0.0000000112. The Hall–Kier alpha value is 3.31. The van der Waals surface area contributed by atoms with Crippen LogP contribution < -0.4 is 103 Å². The van der Waals surface area contributed by atoms with Gasteiger partial charge in [0.15, 0.2) is 0 Å². The summed E-state index contributed by atoms with van der Waals surface area (Å²) in [6.45, 7) is 0. The van der Waals surface area contributed by atoms with Crippen molar-refractivity contribution in [1.82, 2.24) is 0 Å². The minimum absolute atomic E-state index is 0. The molecule has 0 heterocycles. The maximum absolute atomic E-state index is 8.70. The molecule has 0 radical (unpaired) electrons. The molecule has 0 aliphatic heterocycles. The summed E-state index contributed by atoms with van der Waals surface area (Å²) in [5.74, 6) is 0. The zero-order chi connectivity index (χ0) is 7.15. The maximum atomic E-state index is 8.70. The van der Waals surface area contributed by atoms with Gasteiger partial charge in [0.05, 0.1) is 0 Å². The largest absolute Gasteiger partial charge is 1.00 e. The van der Waals surface area contributed by atoms with Gasteiger partial charge in [-0.1, -0.05) is 0 Å². The number of rotatable bonds is 0. The van der Waals surface area contributed by atoms with Crippen molar-refractivity contribution in [3.63, 3.8) is 0 Å². The third-order valence-corrected chi connectivity index (χ3v) is 0. The van der Waals surface area contributed by atoms with Gasteiger partial charge in [-0.25, -0.2) is 0 Å². The molecule has 0 aromatic rings. The SMILES string of the molecule is O=[P+](O)O.O=[P+](O)O.[H-].[H-].[K+].[K+]. The topological polar surface area (TPSA) is 115 Å². The predicted octanol–water partition coefficient (Wildman–Crippen LogP) is -6.51. The molecular weight excluding hydrogens is 236 g/mol. The molecule has 0 atom stereocenters. The first-order chi connectivity index (χ1) is 3.46. The van der Waals surface area contributed by atoms with Gasteiger partial charge in [-0.15, -0.1) is 19.6 Å². The molecular formula is H6K2O6P2+2. The molecule has 0 fully saturated rings. The number of hydrogen-bond donors (Lipinski definition) is 4. The Bertz CT molecular complexity index is 79.5. The molecule has 0 rings (SSSR count). The summed E-state index contributed by atoms with van der Waals surface area (Å²) < 4.78 is 17.4. The van der Waals surface area contributed by atoms with Crippen LogP contribution in [0.5, 0.6) is 0 Å². The third-order valence-electron chi connectivity index (χ3n) is 0. The summed E-state index contributed by atoms with van der Waals surface area (Å²) >= 11 is 0. The Morgan fingerprint density at radius 1 is 0.800 bits per heavy atom. The Kier molecular flexibility index (Phi) is 42.3. The molecule has 0 aliphatic carbocycles. The summed E-state index contributed by atoms with van der Waals surface area (Å²) in [5, 5.41) is 0. The molecule has 0 unspecified atom stereocenters. The van der Waals surface area contributed by atoms with Gasteiger partial charge in [0.2, 0.25) is 0 Å². The van der Waals surface area contributed by atoms with Crippen LogP contribution in [0.3, 0.4) is 0 Å². The van der Waals surface area contributed by atoms with Crippen molar-refractivity contribution < 1.29 is 134 Å². The standard InChI is InChI=1S/2K.2HO3P.2H/c;;2*1-4(2)3;;/h;;2*(H-,1,2,3);;/q2*+1;;;2*-1/p+2. The van der Waals surface area contributed by atoms with E-state index >= 15 is 0 Å². The first-order valence-corrected chi connectivity index (χ1v) is 3.50. The molecule has 0 saturated heterocycles. The van der Waals surface area contributed by atoms with E-state index in [1.54, 1.807) is 0 Å². The van der Waals surface area contributed by atoms with Crippen molar-refractivity contribution in [2.75, 3.05) is 0 Å². The number of hydrogen-bond acceptors (Lipinski definition) is 2. The van der Waals surface area contributed by atoms with Crippen molar-refractivity contribution in [3.05, 3.63) is 0 Å². The van der Waals surface area contributed by atoms with Gasteiger partial charge < -0.3 is 2.85 Å². The van der Waals surface area contributed by atoms with Gasteiger partial charge in [0.1, 0.15) is 0 Å². The minimum atomic E-state index is -2.87. The molecule has 0 spiro atoms. The summed E-state index contributed by atoms with van der Waals surface area (Å²) in [6, 6.07) is 0. The van der Waals surface area contributed by atoms with Crippen molar-refractivity contribution in [3.8, 4) is 0 Å². The van der Waals surface area contributed by atoms with Crippen molar-refractivity contribution in [2.45, 2.75) is 0 Å². The molecule has 52 valence electrons. The second-order valence-electron chi connectivity index (χ2n) is 0.505. The van der Waals surface area contributed by atoms with E-state index in [1.165, 1.54) is 0 Å². The van der Waals surface area contributed by atoms with Crippen LogP contribution in [0.1, 0.15) is 2.85 Å².